The Morgan fingerprint density at radius 1 is 1.29 bits per heavy atom. The van der Waals surface area contributed by atoms with Gasteiger partial charge >= 0.3 is 0 Å². The first-order chi connectivity index (χ1) is 6.86. The van der Waals surface area contributed by atoms with Crippen LogP contribution in [0, 0.1) is 5.92 Å². The number of nitrogens with one attached hydrogen (secondary N) is 1. The maximum absolute atomic E-state index is 5.61. The first-order valence-electron chi connectivity index (χ1n) is 6.30. The third-order valence-corrected chi connectivity index (χ3v) is 3.07. The van der Waals surface area contributed by atoms with Crippen molar-refractivity contribution in [3.05, 3.63) is 0 Å². The highest BCUT2D eigenvalue weighted by atomic mass is 14.9. The van der Waals surface area contributed by atoms with E-state index >= 15 is 0 Å². The third-order valence-electron chi connectivity index (χ3n) is 3.07. The summed E-state index contributed by atoms with van der Waals surface area (Å²) in [5.74, 6) is 0.881. The van der Waals surface area contributed by atoms with Crippen molar-refractivity contribution in [3.8, 4) is 0 Å². The molecule has 0 spiro atoms. The van der Waals surface area contributed by atoms with Gasteiger partial charge in [0.05, 0.1) is 0 Å². The van der Waals surface area contributed by atoms with E-state index in [4.69, 9.17) is 5.73 Å². The molecule has 0 aromatic carbocycles. The van der Waals surface area contributed by atoms with Crippen molar-refractivity contribution in [2.24, 2.45) is 11.7 Å². The number of hydrogen-bond acceptors (Lipinski definition) is 2. The quantitative estimate of drug-likeness (QED) is 0.558. The summed E-state index contributed by atoms with van der Waals surface area (Å²) in [5.41, 5.74) is 5.61. The number of hydrogen-bond donors (Lipinski definition) is 2. The van der Waals surface area contributed by atoms with Crippen molar-refractivity contribution in [2.75, 3.05) is 13.1 Å². The van der Waals surface area contributed by atoms with E-state index in [2.05, 4.69) is 12.2 Å². The second kappa shape index (κ2) is 7.24. The molecule has 0 aromatic rings. The highest BCUT2D eigenvalue weighted by Gasteiger charge is 2.19. The Morgan fingerprint density at radius 2 is 2.07 bits per heavy atom. The molecular formula is C12H26N2. The lowest BCUT2D eigenvalue weighted by Gasteiger charge is -2.14. The van der Waals surface area contributed by atoms with Crippen molar-refractivity contribution >= 4 is 0 Å². The van der Waals surface area contributed by atoms with Gasteiger partial charge in [-0.05, 0) is 51.1 Å². The van der Waals surface area contributed by atoms with Crippen molar-refractivity contribution in [1.29, 1.82) is 0 Å². The van der Waals surface area contributed by atoms with Crippen molar-refractivity contribution in [3.63, 3.8) is 0 Å². The van der Waals surface area contributed by atoms with E-state index in [9.17, 15) is 0 Å². The molecule has 0 amide bonds. The fourth-order valence-corrected chi connectivity index (χ4v) is 2.06. The van der Waals surface area contributed by atoms with E-state index < -0.39 is 0 Å². The van der Waals surface area contributed by atoms with Crippen LogP contribution in [-0.4, -0.2) is 19.1 Å². The molecule has 0 radical (unpaired) electrons. The van der Waals surface area contributed by atoms with E-state index in [0.717, 1.165) is 18.5 Å². The zero-order chi connectivity index (χ0) is 10.2. The second-order valence-electron chi connectivity index (χ2n) is 4.60. The molecule has 1 saturated carbocycles. The van der Waals surface area contributed by atoms with Gasteiger partial charge in [-0.3, -0.25) is 0 Å². The van der Waals surface area contributed by atoms with Crippen LogP contribution in [0.2, 0.25) is 0 Å². The molecule has 0 bridgehead atoms. The molecule has 0 aromatic heterocycles. The van der Waals surface area contributed by atoms with E-state index in [1.165, 1.54) is 51.5 Å². The molecule has 3 N–H and O–H groups in total. The van der Waals surface area contributed by atoms with Gasteiger partial charge in [0.1, 0.15) is 0 Å². The van der Waals surface area contributed by atoms with E-state index in [0.29, 0.717) is 0 Å². The standard InChI is InChI=1S/C12H26N2/c1-2-4-11(8-9-13)5-3-10-14-12-6-7-12/h11-12,14H,2-10,13H2,1H3. The van der Waals surface area contributed by atoms with Crippen LogP contribution < -0.4 is 11.1 Å². The molecule has 2 nitrogen and oxygen atoms in total. The zero-order valence-electron chi connectivity index (χ0n) is 9.60. The Bertz CT molecular complexity index is 126. The van der Waals surface area contributed by atoms with E-state index in [1.54, 1.807) is 0 Å². The van der Waals surface area contributed by atoms with E-state index in [-0.39, 0.29) is 0 Å². The normalized spacial score (nSPS) is 18.4. The minimum Gasteiger partial charge on any atom is -0.330 e. The van der Waals surface area contributed by atoms with Crippen molar-refractivity contribution < 1.29 is 0 Å². The lowest BCUT2D eigenvalue weighted by atomic mass is 9.94. The summed E-state index contributed by atoms with van der Waals surface area (Å²) in [4.78, 5) is 0. The Hall–Kier alpha value is -0.0800. The van der Waals surface area contributed by atoms with Gasteiger partial charge in [-0.15, -0.1) is 0 Å². The summed E-state index contributed by atoms with van der Waals surface area (Å²) in [6.07, 6.45) is 9.40. The monoisotopic (exact) mass is 198 g/mol. The number of rotatable bonds is 9. The molecule has 14 heavy (non-hydrogen) atoms. The van der Waals surface area contributed by atoms with Gasteiger partial charge in [-0.1, -0.05) is 19.8 Å². The Kier molecular flexibility index (Phi) is 6.20. The Morgan fingerprint density at radius 3 is 2.64 bits per heavy atom. The highest BCUT2D eigenvalue weighted by molar-refractivity contribution is 4.80. The highest BCUT2D eigenvalue weighted by Crippen LogP contribution is 2.20. The van der Waals surface area contributed by atoms with Crippen LogP contribution in [0.5, 0.6) is 0 Å². The second-order valence-corrected chi connectivity index (χ2v) is 4.60. The lowest BCUT2D eigenvalue weighted by Crippen LogP contribution is -2.18. The summed E-state index contributed by atoms with van der Waals surface area (Å²) in [6.45, 7) is 4.35. The largest absolute Gasteiger partial charge is 0.330 e. The average molecular weight is 198 g/mol. The van der Waals surface area contributed by atoms with Crippen LogP contribution in [0.4, 0.5) is 0 Å². The predicted molar refractivity (Wildman–Crippen MR) is 62.3 cm³/mol. The Balaban J connectivity index is 1.93. The first-order valence-corrected chi connectivity index (χ1v) is 6.30. The molecular weight excluding hydrogens is 172 g/mol. The molecule has 1 aliphatic carbocycles. The summed E-state index contributed by atoms with van der Waals surface area (Å²) in [6, 6.07) is 0.870. The van der Waals surface area contributed by atoms with Crippen molar-refractivity contribution in [2.45, 2.75) is 57.9 Å². The van der Waals surface area contributed by atoms with Gasteiger partial charge in [-0.2, -0.15) is 0 Å². The smallest absolute Gasteiger partial charge is 0.00682 e. The van der Waals surface area contributed by atoms with Gasteiger partial charge in [0.2, 0.25) is 0 Å². The van der Waals surface area contributed by atoms with Crippen LogP contribution in [0.1, 0.15) is 51.9 Å². The molecule has 0 saturated heterocycles. The maximum Gasteiger partial charge on any atom is 0.00682 e. The lowest BCUT2D eigenvalue weighted by molar-refractivity contribution is 0.403. The summed E-state index contributed by atoms with van der Waals surface area (Å²) < 4.78 is 0. The zero-order valence-corrected chi connectivity index (χ0v) is 9.60. The molecule has 1 fully saturated rings. The molecule has 1 unspecified atom stereocenters. The minimum absolute atomic E-state index is 0.862. The van der Waals surface area contributed by atoms with Gasteiger partial charge in [0.25, 0.3) is 0 Å². The maximum atomic E-state index is 5.61. The fourth-order valence-electron chi connectivity index (χ4n) is 2.06. The summed E-state index contributed by atoms with van der Waals surface area (Å²) in [5, 5.41) is 3.56. The van der Waals surface area contributed by atoms with E-state index in [1.807, 2.05) is 0 Å². The molecule has 0 aliphatic heterocycles. The number of nitrogens with two attached hydrogens (primary N) is 1. The van der Waals surface area contributed by atoms with Gasteiger partial charge in [-0.25, -0.2) is 0 Å². The Labute approximate surface area is 88.6 Å². The van der Waals surface area contributed by atoms with Crippen LogP contribution in [0.15, 0.2) is 0 Å². The molecule has 0 heterocycles. The molecule has 1 rings (SSSR count). The third kappa shape index (κ3) is 5.61. The topological polar surface area (TPSA) is 38.0 Å². The predicted octanol–water partition coefficient (Wildman–Crippen LogP) is 2.28. The van der Waals surface area contributed by atoms with Gasteiger partial charge in [0, 0.05) is 6.04 Å². The van der Waals surface area contributed by atoms with Crippen LogP contribution >= 0.6 is 0 Å². The first kappa shape index (κ1) is 12.0. The SMILES string of the molecule is CCCC(CCN)CCCNC1CC1. The molecule has 1 aliphatic rings. The molecule has 2 heteroatoms. The van der Waals surface area contributed by atoms with Gasteiger partial charge < -0.3 is 11.1 Å². The van der Waals surface area contributed by atoms with Crippen molar-refractivity contribution in [1.82, 2.24) is 5.32 Å². The molecule has 1 atom stereocenters. The minimum atomic E-state index is 0.862. The summed E-state index contributed by atoms with van der Waals surface area (Å²) >= 11 is 0. The van der Waals surface area contributed by atoms with Gasteiger partial charge in [0.15, 0.2) is 0 Å². The fraction of sp³-hybridized carbons (Fsp3) is 1.00. The molecule has 84 valence electrons. The van der Waals surface area contributed by atoms with Crippen LogP contribution in [0.25, 0.3) is 0 Å². The average Bonchev–Trinajstić information content (AvgIpc) is 2.96. The van der Waals surface area contributed by atoms with Crippen LogP contribution in [-0.2, 0) is 0 Å². The summed E-state index contributed by atoms with van der Waals surface area (Å²) in [7, 11) is 0. The van der Waals surface area contributed by atoms with Crippen LogP contribution in [0.3, 0.4) is 0 Å².